The number of nitrogens with zero attached hydrogens (tertiary/aromatic N) is 2. The van der Waals surface area contributed by atoms with E-state index < -0.39 is 16.7 Å². The van der Waals surface area contributed by atoms with Gasteiger partial charge in [0.25, 0.3) is 5.69 Å². The highest BCUT2D eigenvalue weighted by molar-refractivity contribution is 5.94. The molecule has 132 valence electrons. The number of aryl methyl sites for hydroxylation is 1. The van der Waals surface area contributed by atoms with Gasteiger partial charge in [-0.15, -0.1) is 0 Å². The minimum Gasteiger partial charge on any atom is -0.505 e. The van der Waals surface area contributed by atoms with Gasteiger partial charge in [0.15, 0.2) is 0 Å². The second-order valence-electron chi connectivity index (χ2n) is 6.12. The van der Waals surface area contributed by atoms with Crippen LogP contribution in [-0.2, 0) is 4.79 Å². The maximum Gasteiger partial charge on any atom is 0.279 e. The molecule has 1 atom stereocenters. The summed E-state index contributed by atoms with van der Waals surface area (Å²) in [7, 11) is 0. The Balaban J connectivity index is 2.28. The van der Waals surface area contributed by atoms with E-state index in [1.807, 2.05) is 31.2 Å². The SMILES string of the molecule is Cc1ccc(C(CC(N)=O)c2cc([N+](=O)[O-])c3cccnc3c2O)cc1. The lowest BCUT2D eigenvalue weighted by molar-refractivity contribution is -0.383. The molecule has 0 aliphatic carbocycles. The van der Waals surface area contributed by atoms with Gasteiger partial charge in [0.2, 0.25) is 5.91 Å². The van der Waals surface area contributed by atoms with Crippen LogP contribution in [0.4, 0.5) is 5.69 Å². The Hall–Kier alpha value is -3.48. The number of carbonyl (C=O) groups is 1. The molecule has 0 aliphatic rings. The molecule has 1 unspecified atom stereocenters. The molecule has 0 spiro atoms. The maximum absolute atomic E-state index is 11.6. The van der Waals surface area contributed by atoms with Crippen LogP contribution in [0.3, 0.4) is 0 Å². The topological polar surface area (TPSA) is 119 Å². The van der Waals surface area contributed by atoms with E-state index in [9.17, 15) is 20.0 Å². The lowest BCUT2D eigenvalue weighted by atomic mass is 9.86. The Morgan fingerprint density at radius 3 is 2.62 bits per heavy atom. The van der Waals surface area contributed by atoms with Gasteiger partial charge in [0.1, 0.15) is 11.3 Å². The molecule has 26 heavy (non-hydrogen) atoms. The number of primary amides is 1. The molecular weight excluding hydrogens is 334 g/mol. The number of hydrogen-bond donors (Lipinski definition) is 2. The number of benzene rings is 2. The average molecular weight is 351 g/mol. The number of aromatic nitrogens is 1. The lowest BCUT2D eigenvalue weighted by Crippen LogP contribution is -2.16. The first-order valence-corrected chi connectivity index (χ1v) is 7.98. The molecular formula is C19H17N3O4. The Morgan fingerprint density at radius 1 is 1.31 bits per heavy atom. The number of nitrogens with two attached hydrogens (primary N) is 1. The van der Waals surface area contributed by atoms with Crippen molar-refractivity contribution >= 4 is 22.5 Å². The Kier molecular flexibility index (Phi) is 4.53. The fourth-order valence-electron chi connectivity index (χ4n) is 3.05. The van der Waals surface area contributed by atoms with Crippen molar-refractivity contribution in [2.75, 3.05) is 0 Å². The first-order chi connectivity index (χ1) is 12.4. The van der Waals surface area contributed by atoms with E-state index in [1.54, 1.807) is 6.07 Å². The van der Waals surface area contributed by atoms with E-state index in [2.05, 4.69) is 4.98 Å². The smallest absolute Gasteiger partial charge is 0.279 e. The average Bonchev–Trinajstić information content (AvgIpc) is 2.61. The van der Waals surface area contributed by atoms with E-state index in [1.165, 1.54) is 18.3 Å². The van der Waals surface area contributed by atoms with Gasteiger partial charge in [0, 0.05) is 30.2 Å². The van der Waals surface area contributed by atoms with Gasteiger partial charge >= 0.3 is 0 Å². The Morgan fingerprint density at radius 2 is 2.00 bits per heavy atom. The molecule has 0 saturated carbocycles. The molecule has 0 fully saturated rings. The summed E-state index contributed by atoms with van der Waals surface area (Å²) in [5.41, 5.74) is 7.35. The van der Waals surface area contributed by atoms with Crippen molar-refractivity contribution in [1.82, 2.24) is 4.98 Å². The number of nitro groups is 1. The summed E-state index contributed by atoms with van der Waals surface area (Å²) in [6.07, 6.45) is 1.36. The predicted molar refractivity (Wildman–Crippen MR) is 96.9 cm³/mol. The summed E-state index contributed by atoms with van der Waals surface area (Å²) in [6.45, 7) is 1.93. The lowest BCUT2D eigenvalue weighted by Gasteiger charge is -2.19. The minimum atomic E-state index is -0.613. The zero-order valence-electron chi connectivity index (χ0n) is 14.0. The molecule has 0 saturated heterocycles. The highest BCUT2D eigenvalue weighted by Crippen LogP contribution is 2.41. The van der Waals surface area contributed by atoms with E-state index in [0.717, 1.165) is 11.1 Å². The van der Waals surface area contributed by atoms with Gasteiger partial charge in [-0.2, -0.15) is 0 Å². The van der Waals surface area contributed by atoms with Crippen molar-refractivity contribution in [3.05, 3.63) is 75.5 Å². The predicted octanol–water partition coefficient (Wildman–Crippen LogP) is 3.16. The van der Waals surface area contributed by atoms with E-state index in [4.69, 9.17) is 5.73 Å². The van der Waals surface area contributed by atoms with Crippen molar-refractivity contribution < 1.29 is 14.8 Å². The summed E-state index contributed by atoms with van der Waals surface area (Å²) in [4.78, 5) is 26.7. The van der Waals surface area contributed by atoms with E-state index in [0.29, 0.717) is 0 Å². The summed E-state index contributed by atoms with van der Waals surface area (Å²) < 4.78 is 0. The fourth-order valence-corrected chi connectivity index (χ4v) is 3.05. The molecule has 2 aromatic carbocycles. The fraction of sp³-hybridized carbons (Fsp3) is 0.158. The standard InChI is InChI=1S/C19H17N3O4/c1-11-4-6-12(7-5-11)14(10-17(20)23)15-9-16(22(25)26)13-3-2-8-21-18(13)19(15)24/h2-9,14,24H,10H2,1H3,(H2,20,23). The molecule has 3 aromatic rings. The van der Waals surface area contributed by atoms with Crippen LogP contribution in [0.15, 0.2) is 48.7 Å². The summed E-state index contributed by atoms with van der Waals surface area (Å²) in [5, 5.41) is 22.5. The third-order valence-electron chi connectivity index (χ3n) is 4.33. The summed E-state index contributed by atoms with van der Waals surface area (Å²) in [5.74, 6) is -1.37. The highest BCUT2D eigenvalue weighted by Gasteiger charge is 2.26. The second-order valence-corrected chi connectivity index (χ2v) is 6.12. The molecule has 0 aliphatic heterocycles. The van der Waals surface area contributed by atoms with Gasteiger partial charge in [0.05, 0.1) is 10.3 Å². The molecule has 7 nitrogen and oxygen atoms in total. The number of phenols is 1. The number of rotatable bonds is 5. The largest absolute Gasteiger partial charge is 0.505 e. The molecule has 7 heteroatoms. The highest BCUT2D eigenvalue weighted by atomic mass is 16.6. The van der Waals surface area contributed by atoms with Crippen LogP contribution in [-0.4, -0.2) is 20.9 Å². The van der Waals surface area contributed by atoms with Crippen LogP contribution < -0.4 is 5.73 Å². The quantitative estimate of drug-likeness (QED) is 0.540. The first-order valence-electron chi connectivity index (χ1n) is 7.98. The number of nitro benzene ring substituents is 1. The number of pyridine rings is 1. The number of aromatic hydroxyl groups is 1. The monoisotopic (exact) mass is 351 g/mol. The van der Waals surface area contributed by atoms with Crippen LogP contribution in [0.5, 0.6) is 5.75 Å². The van der Waals surface area contributed by atoms with Gasteiger partial charge in [-0.3, -0.25) is 19.9 Å². The van der Waals surface area contributed by atoms with Crippen LogP contribution in [0.2, 0.25) is 0 Å². The number of amides is 1. The van der Waals surface area contributed by atoms with Crippen LogP contribution >= 0.6 is 0 Å². The zero-order chi connectivity index (χ0) is 18.8. The molecule has 0 bridgehead atoms. The van der Waals surface area contributed by atoms with Crippen molar-refractivity contribution in [2.45, 2.75) is 19.3 Å². The first kappa shape index (κ1) is 17.3. The normalized spacial score (nSPS) is 12.0. The van der Waals surface area contributed by atoms with E-state index in [-0.39, 0.29) is 34.3 Å². The van der Waals surface area contributed by atoms with Crippen LogP contribution in [0, 0.1) is 17.0 Å². The minimum absolute atomic E-state index is 0.0912. The molecule has 3 N–H and O–H groups in total. The number of fused-ring (bicyclic) bond motifs is 1. The van der Waals surface area contributed by atoms with E-state index >= 15 is 0 Å². The van der Waals surface area contributed by atoms with Crippen molar-refractivity contribution in [3.63, 3.8) is 0 Å². The van der Waals surface area contributed by atoms with Crippen molar-refractivity contribution in [3.8, 4) is 5.75 Å². The Bertz CT molecular complexity index is 1000. The van der Waals surface area contributed by atoms with Gasteiger partial charge < -0.3 is 10.8 Å². The molecule has 3 rings (SSSR count). The maximum atomic E-state index is 11.6. The van der Waals surface area contributed by atoms with Gasteiger partial charge in [-0.25, -0.2) is 0 Å². The van der Waals surface area contributed by atoms with Gasteiger partial charge in [-0.1, -0.05) is 29.8 Å². The number of hydrogen-bond acceptors (Lipinski definition) is 5. The summed E-state index contributed by atoms with van der Waals surface area (Å²) >= 11 is 0. The van der Waals surface area contributed by atoms with Crippen molar-refractivity contribution in [2.24, 2.45) is 5.73 Å². The molecule has 1 aromatic heterocycles. The van der Waals surface area contributed by atoms with Crippen LogP contribution in [0.1, 0.15) is 29.0 Å². The zero-order valence-corrected chi connectivity index (χ0v) is 14.0. The van der Waals surface area contributed by atoms with Gasteiger partial charge in [-0.05, 0) is 24.6 Å². The summed E-state index contributed by atoms with van der Waals surface area (Å²) in [6, 6.07) is 11.8. The number of phenolic OH excluding ortho intramolecular Hbond substituents is 1. The Labute approximate surface area is 149 Å². The van der Waals surface area contributed by atoms with Crippen LogP contribution in [0.25, 0.3) is 10.9 Å². The third-order valence-corrected chi connectivity index (χ3v) is 4.33. The molecule has 1 heterocycles. The van der Waals surface area contributed by atoms with Crippen molar-refractivity contribution in [1.29, 1.82) is 0 Å². The molecule has 0 radical (unpaired) electrons. The number of carbonyl (C=O) groups excluding carboxylic acids is 1. The second kappa shape index (κ2) is 6.79. The molecule has 1 amide bonds. The third kappa shape index (κ3) is 3.19. The number of non-ortho nitro benzene ring substituents is 1.